The summed E-state index contributed by atoms with van der Waals surface area (Å²) in [5.74, 6) is -0.284. The first-order chi connectivity index (χ1) is 4.75. The Morgan fingerprint density at radius 1 is 1.31 bits per heavy atom. The fourth-order valence-electron chi connectivity index (χ4n) is 0.819. The molecule has 0 bridgehead atoms. The lowest BCUT2D eigenvalue weighted by Crippen LogP contribution is -2.36. The number of carbonyl (C=O) groups excluding carboxylic acids is 2. The Morgan fingerprint density at radius 3 is 2.15 bits per heavy atom. The minimum atomic E-state index is -0.189. The van der Waals surface area contributed by atoms with E-state index in [1.807, 2.05) is 0 Å². The molecule has 13 heavy (non-hydrogen) atoms. The molecule has 0 aromatic carbocycles. The molecule has 0 aromatic heterocycles. The van der Waals surface area contributed by atoms with Crippen molar-refractivity contribution in [1.82, 2.24) is 4.90 Å². The first-order valence-corrected chi connectivity index (χ1v) is 4.06. The topological polar surface area (TPSA) is 37.4 Å². The quantitative estimate of drug-likeness (QED) is 0.283. The van der Waals surface area contributed by atoms with E-state index in [1.165, 1.54) is 11.0 Å². The zero-order valence-electron chi connectivity index (χ0n) is 8.54. The first-order valence-electron chi connectivity index (χ1n) is 3.06. The molecule has 0 aliphatic carbocycles. The van der Waals surface area contributed by atoms with Gasteiger partial charge in [-0.2, -0.15) is 0 Å². The van der Waals surface area contributed by atoms with Gasteiger partial charge in [0, 0.05) is 12.5 Å². The Hall–Kier alpha value is 0.907. The van der Waals surface area contributed by atoms with Gasteiger partial charge in [-0.1, -0.05) is 6.08 Å². The number of carbonyl (C=O) groups is 2. The highest BCUT2D eigenvalue weighted by Crippen LogP contribution is 2.05. The number of hydrogen-bond donors (Lipinski definition) is 0. The van der Waals surface area contributed by atoms with Gasteiger partial charge < -0.3 is 0 Å². The summed E-state index contributed by atoms with van der Waals surface area (Å²) in [4.78, 5) is 23.0. The molecule has 3 nitrogen and oxygen atoms in total. The molecule has 0 N–H and O–H groups in total. The van der Waals surface area contributed by atoms with Gasteiger partial charge in [0.05, 0.1) is 0 Å². The van der Waals surface area contributed by atoms with Gasteiger partial charge in [0.25, 0.3) is 5.91 Å². The summed E-state index contributed by atoms with van der Waals surface area (Å²) in [5.41, 5.74) is 0. The number of amides is 2. The van der Waals surface area contributed by atoms with Crippen molar-refractivity contribution in [1.29, 1.82) is 0 Å². The lowest BCUT2D eigenvalue weighted by molar-refractivity contribution is -0.140. The van der Waals surface area contributed by atoms with E-state index in [9.17, 15) is 9.59 Å². The number of imide groups is 1. The third-order valence-electron chi connectivity index (χ3n) is 1.34. The van der Waals surface area contributed by atoms with Crippen molar-refractivity contribution in [3.63, 3.8) is 0 Å². The third-order valence-corrected chi connectivity index (χ3v) is 1.79. The maximum atomic E-state index is 10.9. The maximum Gasteiger partial charge on any atom is 0.255 e. The summed E-state index contributed by atoms with van der Waals surface area (Å²) in [7, 11) is 1.60. The van der Waals surface area contributed by atoms with Gasteiger partial charge in [-0.25, -0.2) is 4.90 Å². The van der Waals surface area contributed by atoms with Crippen LogP contribution in [0.1, 0.15) is 6.42 Å². The van der Waals surface area contributed by atoms with Gasteiger partial charge in [-0.05, 0) is 9.24 Å². The predicted molar refractivity (Wildman–Crippen MR) is 67.2 cm³/mol. The molecule has 0 spiro atoms. The molecule has 1 unspecified atom stereocenters. The Labute approximate surface area is 112 Å². The molecule has 1 aliphatic heterocycles. The summed E-state index contributed by atoms with van der Waals surface area (Å²) >= 11 is 0. The average molecular weight is 245 g/mol. The van der Waals surface area contributed by atoms with Gasteiger partial charge in [0.1, 0.15) is 58.4 Å². The summed E-state index contributed by atoms with van der Waals surface area (Å²) in [6.45, 7) is 0. The molecular formula is C6H15Al3NO2P+. The molecule has 1 rings (SSSR count). The highest BCUT2D eigenvalue weighted by Gasteiger charge is 2.20. The van der Waals surface area contributed by atoms with Crippen LogP contribution in [0.25, 0.3) is 0 Å². The van der Waals surface area contributed by atoms with Gasteiger partial charge in [0.2, 0.25) is 5.91 Å². The standard InChI is InChI=1S/C6H8NO2P.3Al.6H/c8-5-2-1-3-6(9)7(5)4-10;;;;;;;;;/h1-2H,3-4,10H2;;;;;;;;;/p+1. The molecule has 69 valence electrons. The van der Waals surface area contributed by atoms with Crippen molar-refractivity contribution in [3.8, 4) is 0 Å². The molecule has 1 heterocycles. The summed E-state index contributed by atoms with van der Waals surface area (Å²) in [5, 5.41) is 0. The molecule has 1 aliphatic rings. The highest BCUT2D eigenvalue weighted by atomic mass is 31.0. The molecule has 0 saturated heterocycles. The summed E-state index contributed by atoms with van der Waals surface area (Å²) in [6.07, 6.45) is 3.90. The number of nitrogens with zero attached hydrogens (tertiary/aromatic N) is 1. The smallest absolute Gasteiger partial charge is 0.255 e. The van der Waals surface area contributed by atoms with Crippen LogP contribution >= 0.6 is 9.24 Å². The molecule has 1 atom stereocenters. The molecule has 2 amide bonds. The van der Waals surface area contributed by atoms with Crippen LogP contribution in [0.3, 0.4) is 0 Å². The van der Waals surface area contributed by atoms with E-state index < -0.39 is 0 Å². The Balaban J connectivity index is -0.000000333. The predicted octanol–water partition coefficient (Wildman–Crippen LogP) is -2.88. The van der Waals surface area contributed by atoms with Gasteiger partial charge in [-0.3, -0.25) is 9.59 Å². The van der Waals surface area contributed by atoms with Crippen molar-refractivity contribution >= 4 is 73.1 Å². The second-order valence-electron chi connectivity index (χ2n) is 1.99. The average Bonchev–Trinajstić information content (AvgIpc) is 1.88. The SMILES string of the molecule is O=C1C=CCC(=O)N1C[PH3+].[AlH2].[AlH2].[AlH2]. The van der Waals surface area contributed by atoms with Crippen LogP contribution < -0.4 is 0 Å². The van der Waals surface area contributed by atoms with E-state index in [-0.39, 0.29) is 63.9 Å². The number of rotatable bonds is 1. The van der Waals surface area contributed by atoms with Crippen molar-refractivity contribution in [2.45, 2.75) is 6.42 Å². The number of hydrogen-bond acceptors (Lipinski definition) is 2. The van der Waals surface area contributed by atoms with Gasteiger partial charge >= 0.3 is 0 Å². The molecular weight excluding hydrogens is 230 g/mol. The zero-order valence-corrected chi connectivity index (χ0v) is 16.0. The van der Waals surface area contributed by atoms with Crippen molar-refractivity contribution < 1.29 is 9.59 Å². The van der Waals surface area contributed by atoms with Gasteiger partial charge in [0.15, 0.2) is 0 Å². The fraction of sp³-hybridized carbons (Fsp3) is 0.333. The maximum absolute atomic E-state index is 10.9. The van der Waals surface area contributed by atoms with Crippen molar-refractivity contribution in [3.05, 3.63) is 12.2 Å². The van der Waals surface area contributed by atoms with Crippen LogP contribution in [0.15, 0.2) is 12.2 Å². The molecule has 7 heteroatoms. The normalized spacial score (nSPS) is 14.3. The second-order valence-corrected chi connectivity index (χ2v) is 2.44. The van der Waals surface area contributed by atoms with E-state index in [2.05, 4.69) is 0 Å². The van der Waals surface area contributed by atoms with E-state index in [0.29, 0.717) is 12.7 Å². The van der Waals surface area contributed by atoms with Crippen LogP contribution in [0, 0.1) is 0 Å². The van der Waals surface area contributed by atoms with Crippen molar-refractivity contribution in [2.75, 3.05) is 6.29 Å². The van der Waals surface area contributed by atoms with Crippen LogP contribution in [-0.4, -0.2) is 75.1 Å². The minimum absolute atomic E-state index is 0. The molecule has 3 radical (unpaired) electrons. The van der Waals surface area contributed by atoms with E-state index in [1.54, 1.807) is 15.3 Å². The summed E-state index contributed by atoms with van der Waals surface area (Å²) < 4.78 is 0. The van der Waals surface area contributed by atoms with E-state index in [4.69, 9.17) is 0 Å². The lowest BCUT2D eigenvalue weighted by atomic mass is 10.2. The lowest BCUT2D eigenvalue weighted by Gasteiger charge is -2.16. The first kappa shape index (κ1) is 19.5. The molecule has 0 saturated carbocycles. The van der Waals surface area contributed by atoms with Crippen LogP contribution in [0.4, 0.5) is 0 Å². The monoisotopic (exact) mass is 245 g/mol. The van der Waals surface area contributed by atoms with Crippen molar-refractivity contribution in [2.24, 2.45) is 0 Å². The van der Waals surface area contributed by atoms with E-state index >= 15 is 0 Å². The third kappa shape index (κ3) is 5.37. The van der Waals surface area contributed by atoms with Crippen LogP contribution in [0.2, 0.25) is 0 Å². The summed E-state index contributed by atoms with van der Waals surface area (Å²) in [6, 6.07) is 0. The van der Waals surface area contributed by atoms with E-state index in [0.717, 1.165) is 0 Å². The molecule has 0 aromatic rings. The van der Waals surface area contributed by atoms with Crippen LogP contribution in [0.5, 0.6) is 0 Å². The molecule has 0 fully saturated rings. The highest BCUT2D eigenvalue weighted by molar-refractivity contribution is 7.16. The van der Waals surface area contributed by atoms with Crippen LogP contribution in [-0.2, 0) is 9.59 Å². The van der Waals surface area contributed by atoms with Gasteiger partial charge in [-0.15, -0.1) is 0 Å². The Bertz CT molecular complexity index is 210. The minimum Gasteiger partial charge on any atom is -0.274 e. The Kier molecular flexibility index (Phi) is 14.2. The largest absolute Gasteiger partial charge is 0.274 e. The Morgan fingerprint density at radius 2 is 1.85 bits per heavy atom. The second kappa shape index (κ2) is 9.46. The fourth-order valence-corrected chi connectivity index (χ4v) is 1.29. The zero-order chi connectivity index (χ0) is 7.56.